The molecule has 1 aromatic heterocycles. The highest BCUT2D eigenvalue weighted by Crippen LogP contribution is 2.32. The number of anilines is 1. The van der Waals surface area contributed by atoms with Gasteiger partial charge in [0.1, 0.15) is 11.6 Å². The molecule has 0 unspecified atom stereocenters. The van der Waals surface area contributed by atoms with Gasteiger partial charge in [-0.15, -0.1) is 0 Å². The molecule has 0 amide bonds. The lowest BCUT2D eigenvalue weighted by Crippen LogP contribution is -2.14. The average molecular weight is 261 g/mol. The van der Waals surface area contributed by atoms with Gasteiger partial charge in [-0.25, -0.2) is 9.97 Å². The van der Waals surface area contributed by atoms with Crippen molar-refractivity contribution in [3.8, 4) is 0 Å². The molecule has 0 atom stereocenters. The van der Waals surface area contributed by atoms with E-state index in [1.165, 1.54) is 43.4 Å². The summed E-state index contributed by atoms with van der Waals surface area (Å²) in [4.78, 5) is 9.65. The van der Waals surface area contributed by atoms with E-state index < -0.39 is 0 Å². The molecule has 1 heterocycles. The largest absolute Gasteiger partial charge is 0.370 e. The van der Waals surface area contributed by atoms with Crippen molar-refractivity contribution >= 4 is 5.82 Å². The minimum atomic E-state index is 0.585. The van der Waals surface area contributed by atoms with Gasteiger partial charge in [0.05, 0.1) is 0 Å². The molecule has 0 radical (unpaired) electrons. The van der Waals surface area contributed by atoms with Crippen molar-refractivity contribution in [1.82, 2.24) is 9.97 Å². The first-order valence-corrected chi connectivity index (χ1v) is 7.87. The van der Waals surface area contributed by atoms with Crippen LogP contribution >= 0.6 is 0 Å². The van der Waals surface area contributed by atoms with Crippen molar-refractivity contribution in [3.05, 3.63) is 17.1 Å². The van der Waals surface area contributed by atoms with E-state index in [1.807, 2.05) is 0 Å². The molecule has 0 aromatic carbocycles. The number of hydrogen-bond donors (Lipinski definition) is 1. The predicted molar refractivity (Wildman–Crippen MR) is 80.8 cm³/mol. The molecule has 1 N–H and O–H groups in total. The highest BCUT2D eigenvalue weighted by Gasteiger charge is 2.20. The summed E-state index contributed by atoms with van der Waals surface area (Å²) in [6.45, 7) is 7.50. The van der Waals surface area contributed by atoms with E-state index in [9.17, 15) is 0 Å². The Hall–Kier alpha value is -1.12. The third-order valence-corrected chi connectivity index (χ3v) is 4.11. The van der Waals surface area contributed by atoms with E-state index in [4.69, 9.17) is 9.97 Å². The molecule has 1 saturated carbocycles. The topological polar surface area (TPSA) is 37.8 Å². The molecule has 3 heteroatoms. The van der Waals surface area contributed by atoms with Crippen LogP contribution in [-0.2, 0) is 6.42 Å². The Labute approximate surface area is 117 Å². The van der Waals surface area contributed by atoms with Crippen LogP contribution in [0.4, 0.5) is 5.82 Å². The Balaban J connectivity index is 2.26. The van der Waals surface area contributed by atoms with Crippen LogP contribution in [-0.4, -0.2) is 16.5 Å². The fraction of sp³-hybridized carbons (Fsp3) is 0.750. The van der Waals surface area contributed by atoms with Crippen LogP contribution in [0.25, 0.3) is 0 Å². The molecular weight excluding hydrogens is 234 g/mol. The van der Waals surface area contributed by atoms with Crippen LogP contribution in [0.2, 0.25) is 0 Å². The maximum absolute atomic E-state index is 4.83. The molecule has 3 nitrogen and oxygen atoms in total. The van der Waals surface area contributed by atoms with Crippen molar-refractivity contribution in [3.63, 3.8) is 0 Å². The number of aromatic nitrogens is 2. The Morgan fingerprint density at radius 3 is 2.47 bits per heavy atom. The lowest BCUT2D eigenvalue weighted by atomic mass is 9.88. The van der Waals surface area contributed by atoms with Crippen molar-refractivity contribution in [2.45, 2.75) is 71.6 Å². The quantitative estimate of drug-likeness (QED) is 0.862. The third kappa shape index (κ3) is 3.46. The molecule has 2 rings (SSSR count). The summed E-state index contributed by atoms with van der Waals surface area (Å²) in [5, 5.41) is 3.47. The highest BCUT2D eigenvalue weighted by atomic mass is 15.0. The third-order valence-electron chi connectivity index (χ3n) is 4.11. The first kappa shape index (κ1) is 14.3. The van der Waals surface area contributed by atoms with Gasteiger partial charge in [-0.3, -0.25) is 0 Å². The maximum Gasteiger partial charge on any atom is 0.134 e. The van der Waals surface area contributed by atoms with Gasteiger partial charge in [-0.2, -0.15) is 0 Å². The molecule has 0 spiro atoms. The molecular formula is C16H27N3. The van der Waals surface area contributed by atoms with Crippen molar-refractivity contribution < 1.29 is 0 Å². The fourth-order valence-corrected chi connectivity index (χ4v) is 2.89. The van der Waals surface area contributed by atoms with Gasteiger partial charge in [0, 0.05) is 23.7 Å². The maximum atomic E-state index is 4.83. The van der Waals surface area contributed by atoms with E-state index in [0.717, 1.165) is 31.0 Å². The van der Waals surface area contributed by atoms with Gasteiger partial charge < -0.3 is 5.32 Å². The second kappa shape index (κ2) is 6.88. The molecule has 0 aliphatic heterocycles. The summed E-state index contributed by atoms with van der Waals surface area (Å²) >= 11 is 0. The van der Waals surface area contributed by atoms with Crippen LogP contribution in [0, 0.1) is 6.92 Å². The fourth-order valence-electron chi connectivity index (χ4n) is 2.89. The van der Waals surface area contributed by atoms with Gasteiger partial charge in [-0.1, -0.05) is 33.1 Å². The first-order valence-electron chi connectivity index (χ1n) is 7.87. The van der Waals surface area contributed by atoms with Gasteiger partial charge in [0.2, 0.25) is 0 Å². The SMILES string of the molecule is CCCNc1nc(C2CCCCC2)nc(CC)c1C. The number of nitrogens with one attached hydrogen (secondary N) is 1. The van der Waals surface area contributed by atoms with Crippen LogP contribution < -0.4 is 5.32 Å². The number of rotatable bonds is 5. The Morgan fingerprint density at radius 1 is 1.11 bits per heavy atom. The van der Waals surface area contributed by atoms with Crippen molar-refractivity contribution in [2.24, 2.45) is 0 Å². The van der Waals surface area contributed by atoms with E-state index in [-0.39, 0.29) is 0 Å². The van der Waals surface area contributed by atoms with E-state index in [1.54, 1.807) is 0 Å². The Bertz CT molecular complexity index is 409. The zero-order valence-corrected chi connectivity index (χ0v) is 12.6. The van der Waals surface area contributed by atoms with E-state index in [2.05, 4.69) is 26.1 Å². The molecule has 19 heavy (non-hydrogen) atoms. The summed E-state index contributed by atoms with van der Waals surface area (Å²) in [5.74, 6) is 2.73. The lowest BCUT2D eigenvalue weighted by Gasteiger charge is -2.22. The highest BCUT2D eigenvalue weighted by molar-refractivity contribution is 5.46. The number of hydrogen-bond acceptors (Lipinski definition) is 3. The minimum absolute atomic E-state index is 0.585. The second-order valence-corrected chi connectivity index (χ2v) is 5.62. The van der Waals surface area contributed by atoms with Crippen molar-refractivity contribution in [1.29, 1.82) is 0 Å². The zero-order chi connectivity index (χ0) is 13.7. The van der Waals surface area contributed by atoms with Crippen LogP contribution in [0.1, 0.15) is 75.4 Å². The zero-order valence-electron chi connectivity index (χ0n) is 12.6. The second-order valence-electron chi connectivity index (χ2n) is 5.62. The summed E-state index contributed by atoms with van der Waals surface area (Å²) in [6, 6.07) is 0. The minimum Gasteiger partial charge on any atom is -0.370 e. The molecule has 106 valence electrons. The molecule has 1 fully saturated rings. The standard InChI is InChI=1S/C16H27N3/c1-4-11-17-15-12(3)14(5-2)18-16(19-15)13-9-7-6-8-10-13/h13H,4-11H2,1-3H3,(H,17,18,19). The molecule has 0 bridgehead atoms. The number of aryl methyl sites for hydroxylation is 1. The molecule has 1 aliphatic rings. The van der Waals surface area contributed by atoms with Crippen LogP contribution in [0.3, 0.4) is 0 Å². The Morgan fingerprint density at radius 2 is 1.84 bits per heavy atom. The average Bonchev–Trinajstić information content (AvgIpc) is 2.47. The van der Waals surface area contributed by atoms with E-state index >= 15 is 0 Å². The molecule has 0 saturated heterocycles. The molecule has 1 aliphatic carbocycles. The summed E-state index contributed by atoms with van der Waals surface area (Å²) in [5.41, 5.74) is 2.45. The summed E-state index contributed by atoms with van der Waals surface area (Å²) < 4.78 is 0. The van der Waals surface area contributed by atoms with Gasteiger partial charge in [0.15, 0.2) is 0 Å². The lowest BCUT2D eigenvalue weighted by molar-refractivity contribution is 0.428. The van der Waals surface area contributed by atoms with Gasteiger partial charge in [-0.05, 0) is 32.6 Å². The Kier molecular flexibility index (Phi) is 5.17. The monoisotopic (exact) mass is 261 g/mol. The summed E-state index contributed by atoms with van der Waals surface area (Å²) in [7, 11) is 0. The van der Waals surface area contributed by atoms with Gasteiger partial charge >= 0.3 is 0 Å². The smallest absolute Gasteiger partial charge is 0.134 e. The van der Waals surface area contributed by atoms with E-state index in [0.29, 0.717) is 5.92 Å². The van der Waals surface area contributed by atoms with Crippen LogP contribution in [0.5, 0.6) is 0 Å². The normalized spacial score (nSPS) is 16.6. The number of nitrogens with zero attached hydrogens (tertiary/aromatic N) is 2. The van der Waals surface area contributed by atoms with Crippen molar-refractivity contribution in [2.75, 3.05) is 11.9 Å². The summed E-state index contributed by atoms with van der Waals surface area (Å²) in [6.07, 6.45) is 8.70. The van der Waals surface area contributed by atoms with Crippen LogP contribution in [0.15, 0.2) is 0 Å². The van der Waals surface area contributed by atoms with Gasteiger partial charge in [0.25, 0.3) is 0 Å². The molecule has 1 aromatic rings. The first-order chi connectivity index (χ1) is 9.26. The predicted octanol–water partition coefficient (Wildman–Crippen LogP) is 4.22.